The van der Waals surface area contributed by atoms with Gasteiger partial charge in [0.25, 0.3) is 5.91 Å². The largest absolute Gasteiger partial charge is 0.449 e. The Morgan fingerprint density at radius 2 is 1.68 bits per heavy atom. The van der Waals surface area contributed by atoms with Gasteiger partial charge in [0.1, 0.15) is 10.7 Å². The Balaban J connectivity index is 2.17. The maximum absolute atomic E-state index is 12.7. The minimum absolute atomic E-state index is 0.00704. The molecule has 6 nitrogen and oxygen atoms in total. The molecular weight excluding hydrogens is 378 g/mol. The molecule has 0 saturated carbocycles. The molecule has 0 aliphatic heterocycles. The first-order valence-electron chi connectivity index (χ1n) is 9.43. The molecule has 152 valence electrons. The Hall–Kier alpha value is -2.34. The molecule has 1 atom stereocenters. The van der Waals surface area contributed by atoms with Crippen LogP contribution in [-0.2, 0) is 16.1 Å². The normalized spacial score (nSPS) is 12.3. The average molecular weight is 406 g/mol. The van der Waals surface area contributed by atoms with Crippen LogP contribution in [0.2, 0.25) is 5.15 Å². The zero-order chi connectivity index (χ0) is 21.0. The molecule has 2 rings (SSSR count). The van der Waals surface area contributed by atoms with Crippen LogP contribution in [0.5, 0.6) is 0 Å². The van der Waals surface area contributed by atoms with Crippen molar-refractivity contribution in [1.82, 2.24) is 14.7 Å². The highest BCUT2D eigenvalue weighted by Gasteiger charge is 2.30. The lowest BCUT2D eigenvalue weighted by atomic mass is 10.2. The van der Waals surface area contributed by atoms with Crippen LogP contribution in [0.4, 0.5) is 0 Å². The van der Waals surface area contributed by atoms with Crippen LogP contribution in [0.15, 0.2) is 30.3 Å². The zero-order valence-electron chi connectivity index (χ0n) is 17.3. The summed E-state index contributed by atoms with van der Waals surface area (Å²) >= 11 is 6.41. The first-order valence-corrected chi connectivity index (χ1v) is 9.81. The topological polar surface area (TPSA) is 64.4 Å². The van der Waals surface area contributed by atoms with E-state index >= 15 is 0 Å². The van der Waals surface area contributed by atoms with E-state index in [4.69, 9.17) is 16.3 Å². The van der Waals surface area contributed by atoms with Crippen LogP contribution in [-0.4, -0.2) is 44.7 Å². The maximum Gasteiger partial charge on any atom is 0.343 e. The molecule has 0 spiro atoms. The monoisotopic (exact) mass is 405 g/mol. The van der Waals surface area contributed by atoms with Gasteiger partial charge in [-0.3, -0.25) is 4.79 Å². The van der Waals surface area contributed by atoms with Crippen molar-refractivity contribution in [2.45, 2.75) is 66.3 Å². The van der Waals surface area contributed by atoms with Crippen molar-refractivity contribution in [2.24, 2.45) is 0 Å². The van der Waals surface area contributed by atoms with E-state index in [9.17, 15) is 9.59 Å². The Morgan fingerprint density at radius 1 is 1.11 bits per heavy atom. The van der Waals surface area contributed by atoms with Crippen molar-refractivity contribution >= 4 is 23.5 Å². The summed E-state index contributed by atoms with van der Waals surface area (Å²) in [5, 5.41) is 4.56. The lowest BCUT2D eigenvalue weighted by molar-refractivity contribution is -0.143. The molecule has 0 N–H and O–H groups in total. The second-order valence-corrected chi connectivity index (χ2v) is 7.73. The average Bonchev–Trinajstić information content (AvgIpc) is 2.88. The number of nitrogens with zero attached hydrogens (tertiary/aromatic N) is 3. The summed E-state index contributed by atoms with van der Waals surface area (Å²) in [5.74, 6) is -0.876. The molecule has 0 bridgehead atoms. The number of aromatic nitrogens is 2. The molecule has 28 heavy (non-hydrogen) atoms. The van der Waals surface area contributed by atoms with Gasteiger partial charge >= 0.3 is 5.97 Å². The molecule has 2 aromatic rings. The van der Waals surface area contributed by atoms with Crippen molar-refractivity contribution in [3.8, 4) is 0 Å². The van der Waals surface area contributed by atoms with Crippen LogP contribution >= 0.6 is 11.6 Å². The first kappa shape index (κ1) is 22.0. The van der Waals surface area contributed by atoms with E-state index in [1.54, 1.807) is 23.4 Å². The van der Waals surface area contributed by atoms with Crippen LogP contribution in [0, 0.1) is 6.92 Å². The maximum atomic E-state index is 12.7. The number of ether oxygens (including phenoxy) is 1. The van der Waals surface area contributed by atoms with E-state index in [-0.39, 0.29) is 28.7 Å². The fourth-order valence-corrected chi connectivity index (χ4v) is 3.54. The minimum atomic E-state index is -0.912. The lowest BCUT2D eigenvalue weighted by Crippen LogP contribution is -2.47. The molecule has 7 heteroatoms. The number of hydrogen-bond acceptors (Lipinski definition) is 4. The van der Waals surface area contributed by atoms with E-state index in [0.717, 1.165) is 5.56 Å². The van der Waals surface area contributed by atoms with E-state index in [1.807, 2.05) is 58.0 Å². The van der Waals surface area contributed by atoms with E-state index in [0.29, 0.717) is 12.2 Å². The molecule has 1 aromatic carbocycles. The third kappa shape index (κ3) is 4.93. The highest BCUT2D eigenvalue weighted by Crippen LogP contribution is 2.23. The lowest BCUT2D eigenvalue weighted by Gasteiger charge is -2.32. The van der Waals surface area contributed by atoms with Crippen LogP contribution in [0.1, 0.15) is 56.2 Å². The summed E-state index contributed by atoms with van der Waals surface area (Å²) in [5.41, 5.74) is 1.67. The molecule has 0 fully saturated rings. The summed E-state index contributed by atoms with van der Waals surface area (Å²) in [4.78, 5) is 27.1. The van der Waals surface area contributed by atoms with Crippen molar-refractivity contribution in [3.63, 3.8) is 0 Å². The van der Waals surface area contributed by atoms with Gasteiger partial charge in [-0.05, 0) is 47.1 Å². The van der Waals surface area contributed by atoms with Crippen LogP contribution in [0.3, 0.4) is 0 Å². The van der Waals surface area contributed by atoms with Gasteiger partial charge in [-0.2, -0.15) is 5.10 Å². The molecule has 0 aliphatic rings. The fourth-order valence-electron chi connectivity index (χ4n) is 3.23. The van der Waals surface area contributed by atoms with E-state index < -0.39 is 12.1 Å². The van der Waals surface area contributed by atoms with Crippen molar-refractivity contribution in [3.05, 3.63) is 52.3 Å². The minimum Gasteiger partial charge on any atom is -0.449 e. The summed E-state index contributed by atoms with van der Waals surface area (Å²) in [6, 6.07) is 9.71. The van der Waals surface area contributed by atoms with Crippen molar-refractivity contribution in [2.75, 3.05) is 0 Å². The number of rotatable bonds is 7. The Labute approximate surface area is 171 Å². The number of hydrogen-bond donors (Lipinski definition) is 0. The number of halogens is 1. The standard InChI is InChI=1S/C21H28ClN3O3/c1-13(2)25(14(3)4)20(26)16(6)28-21(27)18-15(5)23-24(19(18)22)12-17-10-8-7-9-11-17/h7-11,13-14,16H,12H2,1-6H3/t16-/m0/s1. The smallest absolute Gasteiger partial charge is 0.343 e. The third-order valence-corrected chi connectivity index (χ3v) is 4.83. The molecule has 0 unspecified atom stereocenters. The number of amides is 1. The summed E-state index contributed by atoms with van der Waals surface area (Å²) in [6.45, 7) is 11.4. The second kappa shape index (κ2) is 9.24. The van der Waals surface area contributed by atoms with Gasteiger partial charge in [0, 0.05) is 12.1 Å². The predicted octanol–water partition coefficient (Wildman–Crippen LogP) is 4.08. The van der Waals surface area contributed by atoms with Crippen LogP contribution in [0.25, 0.3) is 0 Å². The molecule has 0 saturated heterocycles. The van der Waals surface area contributed by atoms with Gasteiger partial charge < -0.3 is 9.64 Å². The molecular formula is C21H28ClN3O3. The number of carbonyl (C=O) groups is 2. The van der Waals surface area contributed by atoms with Gasteiger partial charge in [-0.15, -0.1) is 0 Å². The summed E-state index contributed by atoms with van der Waals surface area (Å²) in [6.07, 6.45) is -0.912. The second-order valence-electron chi connectivity index (χ2n) is 7.38. The van der Waals surface area contributed by atoms with Gasteiger partial charge in [-0.1, -0.05) is 41.9 Å². The van der Waals surface area contributed by atoms with Gasteiger partial charge in [-0.25, -0.2) is 9.48 Å². The third-order valence-electron chi connectivity index (χ3n) is 4.44. The van der Waals surface area contributed by atoms with Crippen molar-refractivity contribution < 1.29 is 14.3 Å². The Morgan fingerprint density at radius 3 is 2.21 bits per heavy atom. The first-order chi connectivity index (χ1) is 13.1. The molecule has 1 aromatic heterocycles. The van der Waals surface area contributed by atoms with Crippen LogP contribution < -0.4 is 0 Å². The number of carbonyl (C=O) groups excluding carboxylic acids is 2. The number of benzene rings is 1. The summed E-state index contributed by atoms with van der Waals surface area (Å²) < 4.78 is 7.00. The summed E-state index contributed by atoms with van der Waals surface area (Å²) in [7, 11) is 0. The zero-order valence-corrected chi connectivity index (χ0v) is 18.0. The van der Waals surface area contributed by atoms with E-state index in [2.05, 4.69) is 5.10 Å². The predicted molar refractivity (Wildman–Crippen MR) is 110 cm³/mol. The SMILES string of the molecule is Cc1nn(Cc2ccccc2)c(Cl)c1C(=O)O[C@@H](C)C(=O)N(C(C)C)C(C)C. The highest BCUT2D eigenvalue weighted by molar-refractivity contribution is 6.32. The Bertz CT molecular complexity index is 823. The van der Waals surface area contributed by atoms with Crippen molar-refractivity contribution in [1.29, 1.82) is 0 Å². The molecule has 0 aliphatic carbocycles. The number of esters is 1. The number of aryl methyl sites for hydroxylation is 1. The van der Waals surface area contributed by atoms with E-state index in [1.165, 1.54) is 0 Å². The highest BCUT2D eigenvalue weighted by atomic mass is 35.5. The molecule has 1 amide bonds. The quantitative estimate of drug-likeness (QED) is 0.651. The Kier molecular flexibility index (Phi) is 7.24. The van der Waals surface area contributed by atoms with Gasteiger partial charge in [0.2, 0.25) is 0 Å². The van der Waals surface area contributed by atoms with Gasteiger partial charge in [0.15, 0.2) is 6.10 Å². The molecule has 0 radical (unpaired) electrons. The fraction of sp³-hybridized carbons (Fsp3) is 0.476. The van der Waals surface area contributed by atoms with Gasteiger partial charge in [0.05, 0.1) is 12.2 Å². The molecule has 1 heterocycles.